The molecule has 1 aliphatic heterocycles. The van der Waals surface area contributed by atoms with E-state index in [9.17, 15) is 0 Å². The van der Waals surface area contributed by atoms with E-state index in [1.54, 1.807) is 0 Å². The quantitative estimate of drug-likeness (QED) is 0.597. The first-order valence-electron chi connectivity index (χ1n) is 5.63. The molecular formula is C13H24N2. The Hall–Kier alpha value is -0.630. The van der Waals surface area contributed by atoms with E-state index >= 15 is 0 Å². The van der Waals surface area contributed by atoms with E-state index in [0.29, 0.717) is 0 Å². The molecule has 2 nitrogen and oxygen atoms in total. The summed E-state index contributed by atoms with van der Waals surface area (Å²) in [5.41, 5.74) is 2.56. The summed E-state index contributed by atoms with van der Waals surface area (Å²) in [6.07, 6.45) is 2.19. The largest absolute Gasteiger partial charge is 0.292 e. The van der Waals surface area contributed by atoms with E-state index in [4.69, 9.17) is 0 Å². The van der Waals surface area contributed by atoms with Crippen LogP contribution in [0.15, 0.2) is 16.8 Å². The lowest BCUT2D eigenvalue weighted by molar-refractivity contribution is 0.0996. The molecule has 0 radical (unpaired) electrons. The zero-order valence-electron chi connectivity index (χ0n) is 11.2. The van der Waals surface area contributed by atoms with Gasteiger partial charge in [-0.05, 0) is 39.3 Å². The second kappa shape index (κ2) is 3.75. The number of hydrogen-bond donors (Lipinski definition) is 0. The third kappa shape index (κ3) is 2.00. The summed E-state index contributed by atoms with van der Waals surface area (Å²) in [7, 11) is 2.18. The van der Waals surface area contributed by atoms with Gasteiger partial charge in [0.2, 0.25) is 0 Å². The molecular weight excluding hydrogens is 184 g/mol. The van der Waals surface area contributed by atoms with Gasteiger partial charge in [-0.25, -0.2) is 0 Å². The van der Waals surface area contributed by atoms with Crippen LogP contribution in [0.5, 0.6) is 0 Å². The highest BCUT2D eigenvalue weighted by atomic mass is 15.2. The van der Waals surface area contributed by atoms with Crippen molar-refractivity contribution in [2.24, 2.45) is 10.4 Å². The summed E-state index contributed by atoms with van der Waals surface area (Å²) in [6.45, 7) is 14.3. The van der Waals surface area contributed by atoms with Gasteiger partial charge in [0.1, 0.15) is 0 Å². The van der Waals surface area contributed by atoms with Gasteiger partial charge < -0.3 is 0 Å². The molecule has 0 saturated heterocycles. The van der Waals surface area contributed by atoms with E-state index in [2.05, 4.69) is 64.6 Å². The third-order valence-corrected chi connectivity index (χ3v) is 3.93. The molecule has 0 aromatic carbocycles. The minimum absolute atomic E-state index is 0.0290. The maximum atomic E-state index is 4.68. The lowest BCUT2D eigenvalue weighted by Crippen LogP contribution is -2.57. The van der Waals surface area contributed by atoms with Crippen LogP contribution in [0.2, 0.25) is 0 Å². The summed E-state index contributed by atoms with van der Waals surface area (Å²) in [5.74, 6) is 0. The molecule has 0 amide bonds. The molecule has 0 spiro atoms. The molecule has 0 bridgehead atoms. The molecule has 15 heavy (non-hydrogen) atoms. The average Bonchev–Trinajstić information content (AvgIpc) is 2.17. The first-order valence-corrected chi connectivity index (χ1v) is 5.63. The van der Waals surface area contributed by atoms with Crippen LogP contribution in [-0.2, 0) is 0 Å². The van der Waals surface area contributed by atoms with Crippen molar-refractivity contribution in [3.05, 3.63) is 11.8 Å². The maximum absolute atomic E-state index is 4.68. The minimum atomic E-state index is 0.0290. The fourth-order valence-electron chi connectivity index (χ4n) is 2.26. The molecule has 0 fully saturated rings. The lowest BCUT2D eigenvalue weighted by atomic mass is 9.71. The molecule has 1 aliphatic rings. The van der Waals surface area contributed by atoms with Gasteiger partial charge in [-0.3, -0.25) is 9.89 Å². The van der Waals surface area contributed by atoms with Crippen molar-refractivity contribution in [3.63, 3.8) is 0 Å². The van der Waals surface area contributed by atoms with Gasteiger partial charge in [0.25, 0.3) is 0 Å². The molecule has 1 heterocycles. The van der Waals surface area contributed by atoms with Gasteiger partial charge in [0, 0.05) is 18.0 Å². The third-order valence-electron chi connectivity index (χ3n) is 3.93. The molecule has 1 atom stereocenters. The monoisotopic (exact) mass is 208 g/mol. The van der Waals surface area contributed by atoms with E-state index in [-0.39, 0.29) is 11.0 Å². The fourth-order valence-corrected chi connectivity index (χ4v) is 2.26. The van der Waals surface area contributed by atoms with Crippen molar-refractivity contribution in [2.75, 3.05) is 13.6 Å². The molecule has 86 valence electrons. The summed E-state index contributed by atoms with van der Waals surface area (Å²) < 4.78 is 0. The topological polar surface area (TPSA) is 15.6 Å². The Morgan fingerprint density at radius 1 is 1.33 bits per heavy atom. The van der Waals surface area contributed by atoms with Crippen LogP contribution in [0, 0.1) is 5.41 Å². The summed E-state index contributed by atoms with van der Waals surface area (Å²) in [4.78, 5) is 7.07. The Bertz CT molecular complexity index is 307. The number of nitrogens with zero attached hydrogens (tertiary/aromatic N) is 2. The van der Waals surface area contributed by atoms with Crippen LogP contribution in [0.4, 0.5) is 0 Å². The highest BCUT2D eigenvalue weighted by Gasteiger charge is 2.43. The summed E-state index contributed by atoms with van der Waals surface area (Å²) in [6, 6.07) is 0. The predicted molar refractivity (Wildman–Crippen MR) is 67.4 cm³/mol. The SMILES string of the molecule is CC1=CCN(C)C(C)(C(C)(C)C)C(C)=N1. The molecule has 0 aromatic heterocycles. The van der Waals surface area contributed by atoms with Crippen LogP contribution < -0.4 is 0 Å². The van der Waals surface area contributed by atoms with Crippen molar-refractivity contribution in [1.29, 1.82) is 0 Å². The number of allylic oxidation sites excluding steroid dienone is 1. The second-order valence-corrected chi connectivity index (χ2v) is 5.75. The van der Waals surface area contributed by atoms with Crippen molar-refractivity contribution in [3.8, 4) is 0 Å². The molecule has 1 unspecified atom stereocenters. The summed E-state index contributed by atoms with van der Waals surface area (Å²) >= 11 is 0. The van der Waals surface area contributed by atoms with Crippen LogP contribution in [0.1, 0.15) is 41.5 Å². The van der Waals surface area contributed by atoms with Crippen molar-refractivity contribution in [2.45, 2.75) is 47.1 Å². The van der Waals surface area contributed by atoms with Gasteiger partial charge in [-0.2, -0.15) is 0 Å². The second-order valence-electron chi connectivity index (χ2n) is 5.75. The Balaban J connectivity index is 3.23. The standard InChI is InChI=1S/C13H24N2/c1-10-8-9-15(7)13(6,11(2)14-10)12(3,4)5/h8H,9H2,1-7H3. The maximum Gasteiger partial charge on any atom is 0.0611 e. The smallest absolute Gasteiger partial charge is 0.0611 e. The minimum Gasteiger partial charge on any atom is -0.292 e. The Morgan fingerprint density at radius 2 is 1.87 bits per heavy atom. The van der Waals surface area contributed by atoms with Crippen LogP contribution in [-0.4, -0.2) is 29.7 Å². The van der Waals surface area contributed by atoms with Gasteiger partial charge >= 0.3 is 0 Å². The van der Waals surface area contributed by atoms with Crippen LogP contribution in [0.25, 0.3) is 0 Å². The first-order chi connectivity index (χ1) is 6.69. The molecule has 0 aromatic rings. The molecule has 0 N–H and O–H groups in total. The number of aliphatic imine (C=N–C) groups is 1. The number of rotatable bonds is 0. The highest BCUT2D eigenvalue weighted by Crippen LogP contribution is 2.37. The Morgan fingerprint density at radius 3 is 2.33 bits per heavy atom. The van der Waals surface area contributed by atoms with E-state index in [1.165, 1.54) is 5.71 Å². The lowest BCUT2D eigenvalue weighted by Gasteiger charge is -2.47. The number of hydrogen-bond acceptors (Lipinski definition) is 2. The Labute approximate surface area is 94.1 Å². The molecule has 1 rings (SSSR count). The highest BCUT2D eigenvalue weighted by molar-refractivity contribution is 5.93. The van der Waals surface area contributed by atoms with Gasteiger partial charge in [-0.1, -0.05) is 20.8 Å². The first kappa shape index (κ1) is 12.4. The van der Waals surface area contributed by atoms with Crippen LogP contribution in [0.3, 0.4) is 0 Å². The zero-order valence-corrected chi connectivity index (χ0v) is 11.2. The number of likely N-dealkylation sites (N-methyl/N-ethyl adjacent to an activating group) is 1. The van der Waals surface area contributed by atoms with Gasteiger partial charge in [0.05, 0.1) is 5.54 Å². The molecule has 0 saturated carbocycles. The zero-order chi connectivity index (χ0) is 11.9. The van der Waals surface area contributed by atoms with E-state index in [0.717, 1.165) is 12.2 Å². The van der Waals surface area contributed by atoms with Crippen molar-refractivity contribution >= 4 is 5.71 Å². The molecule has 2 heteroatoms. The predicted octanol–water partition coefficient (Wildman–Crippen LogP) is 3.10. The fraction of sp³-hybridized carbons (Fsp3) is 0.769. The van der Waals surface area contributed by atoms with E-state index in [1.807, 2.05) is 0 Å². The van der Waals surface area contributed by atoms with Gasteiger partial charge in [-0.15, -0.1) is 0 Å². The van der Waals surface area contributed by atoms with Crippen LogP contribution >= 0.6 is 0 Å². The van der Waals surface area contributed by atoms with Crippen molar-refractivity contribution < 1.29 is 0 Å². The normalized spacial score (nSPS) is 29.5. The molecule has 0 aliphatic carbocycles. The van der Waals surface area contributed by atoms with Gasteiger partial charge in [0.15, 0.2) is 0 Å². The summed E-state index contributed by atoms with van der Waals surface area (Å²) in [5, 5.41) is 0. The average molecular weight is 208 g/mol. The van der Waals surface area contributed by atoms with Crippen molar-refractivity contribution in [1.82, 2.24) is 4.90 Å². The van der Waals surface area contributed by atoms with E-state index < -0.39 is 0 Å². The Kier molecular flexibility index (Phi) is 3.11.